The van der Waals surface area contributed by atoms with Gasteiger partial charge in [0.15, 0.2) is 0 Å². The number of carbonyl (C=O) groups is 2. The Kier molecular flexibility index (Phi) is 7.42. The van der Waals surface area contributed by atoms with Gasteiger partial charge in [-0.25, -0.2) is 4.79 Å². The van der Waals surface area contributed by atoms with Gasteiger partial charge < -0.3 is 24.4 Å². The smallest absolute Gasteiger partial charge is 0.326 e. The van der Waals surface area contributed by atoms with E-state index in [4.69, 9.17) is 14.5 Å². The van der Waals surface area contributed by atoms with E-state index in [0.29, 0.717) is 57.3 Å². The Morgan fingerprint density at radius 1 is 1.23 bits per heavy atom. The first-order valence-electron chi connectivity index (χ1n) is 13.2. The Morgan fingerprint density at radius 3 is 2.69 bits per heavy atom. The summed E-state index contributed by atoms with van der Waals surface area (Å²) in [5.74, 6) is 1.36. The Morgan fingerprint density at radius 2 is 2.03 bits per heavy atom. The van der Waals surface area contributed by atoms with Crippen LogP contribution in [0.15, 0.2) is 48.8 Å². The number of aliphatic hydroxyl groups is 1. The lowest BCUT2D eigenvalue weighted by Crippen LogP contribution is -2.56. The molecule has 2 aromatic heterocycles. The van der Waals surface area contributed by atoms with Crippen molar-refractivity contribution in [2.24, 2.45) is 0 Å². The van der Waals surface area contributed by atoms with Crippen LogP contribution in [0.2, 0.25) is 0 Å². The van der Waals surface area contributed by atoms with Crippen LogP contribution in [0.1, 0.15) is 32.3 Å². The van der Waals surface area contributed by atoms with Crippen LogP contribution >= 0.6 is 0 Å². The van der Waals surface area contributed by atoms with Crippen molar-refractivity contribution in [1.82, 2.24) is 25.0 Å². The third kappa shape index (κ3) is 5.14. The number of carbonyl (C=O) groups excluding carboxylic acids is 2. The van der Waals surface area contributed by atoms with E-state index in [9.17, 15) is 14.7 Å². The molecule has 2 saturated heterocycles. The zero-order valence-corrected chi connectivity index (χ0v) is 22.5. The van der Waals surface area contributed by atoms with Gasteiger partial charge >= 0.3 is 6.03 Å². The first kappa shape index (κ1) is 26.5. The van der Waals surface area contributed by atoms with Crippen molar-refractivity contribution in [2.75, 3.05) is 38.3 Å². The average Bonchev–Trinajstić information content (AvgIpc) is 3.57. The third-order valence-electron chi connectivity index (χ3n) is 7.52. The molecule has 0 saturated carbocycles. The van der Waals surface area contributed by atoms with Gasteiger partial charge in [-0.15, -0.1) is 0 Å². The Bertz CT molecular complexity index is 1320. The van der Waals surface area contributed by atoms with Crippen LogP contribution in [0.5, 0.6) is 11.6 Å². The van der Waals surface area contributed by atoms with Crippen LogP contribution in [-0.4, -0.2) is 87.0 Å². The summed E-state index contributed by atoms with van der Waals surface area (Å²) in [6.07, 6.45) is 3.57. The molecule has 1 aromatic carbocycles. The number of aliphatic hydroxyl groups excluding tert-OH is 1. The monoisotopic (exact) mass is 534 g/mol. The fourth-order valence-electron chi connectivity index (χ4n) is 5.48. The highest BCUT2D eigenvalue weighted by molar-refractivity contribution is 5.95. The number of piperidine rings is 1. The lowest BCUT2D eigenvalue weighted by molar-refractivity contribution is -0.141. The summed E-state index contributed by atoms with van der Waals surface area (Å²) < 4.78 is 11.3. The molecule has 3 aromatic rings. The summed E-state index contributed by atoms with van der Waals surface area (Å²) in [7, 11) is 1.55. The summed E-state index contributed by atoms with van der Waals surface area (Å²) in [4.78, 5) is 36.5. The molecule has 11 heteroatoms. The molecule has 0 bridgehead atoms. The average molecular weight is 535 g/mol. The maximum Gasteiger partial charge on any atom is 0.326 e. The summed E-state index contributed by atoms with van der Waals surface area (Å²) in [5, 5.41) is 16.6. The molecule has 0 radical (unpaired) electrons. The standard InChI is InChI=1S/C28H34N6O5/c1-4-39-22-7-5-6-20(14-22)17-34-27(37)33(18-28(34)10-12-32(13-11-28)26(36)19(2)35)24-9-8-23(25(31-24)38-3)21-15-29-30-16-21/h5-9,14-16,19,35H,4,10-13,17-18H2,1-3H3,(H,29,30). The van der Waals surface area contributed by atoms with Gasteiger partial charge in [-0.1, -0.05) is 12.1 Å². The van der Waals surface area contributed by atoms with E-state index in [-0.39, 0.29) is 11.9 Å². The van der Waals surface area contributed by atoms with E-state index in [1.54, 1.807) is 29.3 Å². The first-order chi connectivity index (χ1) is 18.8. The molecule has 4 heterocycles. The van der Waals surface area contributed by atoms with Crippen LogP contribution in [-0.2, 0) is 11.3 Å². The van der Waals surface area contributed by atoms with Crippen molar-refractivity contribution in [2.45, 2.75) is 44.9 Å². The molecule has 11 nitrogen and oxygen atoms in total. The predicted molar refractivity (Wildman–Crippen MR) is 144 cm³/mol. The summed E-state index contributed by atoms with van der Waals surface area (Å²) in [6, 6.07) is 11.3. The van der Waals surface area contributed by atoms with Crippen LogP contribution in [0.4, 0.5) is 10.6 Å². The quantitative estimate of drug-likeness (QED) is 0.455. The van der Waals surface area contributed by atoms with Crippen molar-refractivity contribution in [3.05, 3.63) is 54.4 Å². The molecule has 1 unspecified atom stereocenters. The number of hydrogen-bond acceptors (Lipinski definition) is 7. The highest BCUT2D eigenvalue weighted by Crippen LogP contribution is 2.40. The second kappa shape index (κ2) is 10.9. The van der Waals surface area contributed by atoms with Crippen LogP contribution in [0.3, 0.4) is 0 Å². The zero-order valence-electron chi connectivity index (χ0n) is 22.5. The normalized spacial score (nSPS) is 17.5. The lowest BCUT2D eigenvalue weighted by Gasteiger charge is -2.44. The minimum absolute atomic E-state index is 0.155. The number of aromatic nitrogens is 3. The van der Waals surface area contributed by atoms with Crippen molar-refractivity contribution in [3.8, 4) is 22.8 Å². The predicted octanol–water partition coefficient (Wildman–Crippen LogP) is 3.06. The van der Waals surface area contributed by atoms with Crippen molar-refractivity contribution in [1.29, 1.82) is 0 Å². The number of nitrogens with one attached hydrogen (secondary N) is 1. The Labute approximate surface area is 227 Å². The number of benzene rings is 1. The Balaban J connectivity index is 1.46. The van der Waals surface area contributed by atoms with Gasteiger partial charge in [0.2, 0.25) is 5.88 Å². The second-order valence-electron chi connectivity index (χ2n) is 9.97. The van der Waals surface area contributed by atoms with Crippen molar-refractivity contribution >= 4 is 17.8 Å². The number of pyridine rings is 1. The number of rotatable bonds is 8. The number of amides is 3. The van der Waals surface area contributed by atoms with Crippen LogP contribution in [0.25, 0.3) is 11.1 Å². The van der Waals surface area contributed by atoms with Gasteiger partial charge in [0.05, 0.1) is 32.0 Å². The largest absolute Gasteiger partial charge is 0.494 e. The third-order valence-corrected chi connectivity index (χ3v) is 7.52. The molecule has 0 aliphatic carbocycles. The zero-order chi connectivity index (χ0) is 27.6. The van der Waals surface area contributed by atoms with E-state index in [1.165, 1.54) is 6.92 Å². The molecule has 2 N–H and O–H groups in total. The van der Waals surface area contributed by atoms with Gasteiger partial charge in [0.1, 0.15) is 17.7 Å². The highest BCUT2D eigenvalue weighted by atomic mass is 16.5. The van der Waals surface area contributed by atoms with Crippen molar-refractivity contribution in [3.63, 3.8) is 0 Å². The number of likely N-dealkylation sites (tertiary alicyclic amines) is 1. The van der Waals surface area contributed by atoms with E-state index in [1.807, 2.05) is 48.2 Å². The molecular formula is C28H34N6O5. The minimum atomic E-state index is -1.05. The van der Waals surface area contributed by atoms with Gasteiger partial charge in [-0.2, -0.15) is 10.1 Å². The lowest BCUT2D eigenvalue weighted by atomic mass is 9.86. The summed E-state index contributed by atoms with van der Waals surface area (Å²) in [6.45, 7) is 5.70. The maximum absolute atomic E-state index is 14.0. The van der Waals surface area contributed by atoms with Gasteiger partial charge in [-0.05, 0) is 56.5 Å². The van der Waals surface area contributed by atoms with Gasteiger partial charge in [-0.3, -0.25) is 14.8 Å². The van der Waals surface area contributed by atoms with Crippen LogP contribution < -0.4 is 14.4 Å². The fraction of sp³-hybridized carbons (Fsp3) is 0.429. The van der Waals surface area contributed by atoms with Gasteiger partial charge in [0.25, 0.3) is 5.91 Å². The molecule has 1 spiro atoms. The minimum Gasteiger partial charge on any atom is -0.494 e. The Hall–Kier alpha value is -4.12. The van der Waals surface area contributed by atoms with E-state index >= 15 is 0 Å². The molecule has 206 valence electrons. The number of ether oxygens (including phenoxy) is 2. The summed E-state index contributed by atoms with van der Waals surface area (Å²) >= 11 is 0. The van der Waals surface area contributed by atoms with E-state index in [0.717, 1.165) is 22.4 Å². The number of aromatic amines is 1. The molecule has 5 rings (SSSR count). The van der Waals surface area contributed by atoms with E-state index in [2.05, 4.69) is 10.2 Å². The van der Waals surface area contributed by atoms with E-state index < -0.39 is 11.6 Å². The van der Waals surface area contributed by atoms with Crippen molar-refractivity contribution < 1.29 is 24.2 Å². The topological polar surface area (TPSA) is 124 Å². The number of urea groups is 1. The molecule has 2 aliphatic heterocycles. The highest BCUT2D eigenvalue weighted by Gasteiger charge is 2.52. The number of H-pyrrole nitrogens is 1. The van der Waals surface area contributed by atoms with Gasteiger partial charge in [0, 0.05) is 37.0 Å². The SMILES string of the molecule is CCOc1cccc(CN2C(=O)N(c3ccc(-c4cn[nH]c4)c(OC)n3)CC23CCN(C(=O)C(C)O)CC3)c1. The number of methoxy groups -OCH3 is 1. The summed E-state index contributed by atoms with van der Waals surface area (Å²) in [5.41, 5.74) is 2.05. The first-order valence-corrected chi connectivity index (χ1v) is 13.2. The molecular weight excluding hydrogens is 500 g/mol. The molecule has 1 atom stereocenters. The molecule has 3 amide bonds. The molecule has 2 fully saturated rings. The molecule has 39 heavy (non-hydrogen) atoms. The maximum atomic E-state index is 14.0. The number of anilines is 1. The second-order valence-corrected chi connectivity index (χ2v) is 9.97. The molecule has 2 aliphatic rings. The van der Waals surface area contributed by atoms with Crippen LogP contribution in [0, 0.1) is 0 Å². The number of nitrogens with zero attached hydrogens (tertiary/aromatic N) is 5. The fourth-order valence-corrected chi connectivity index (χ4v) is 5.48. The number of hydrogen-bond donors (Lipinski definition) is 2.